The monoisotopic (exact) mass is 1170 g/mol. The van der Waals surface area contributed by atoms with Crippen molar-refractivity contribution in [2.45, 2.75) is 0 Å². The van der Waals surface area contributed by atoms with E-state index in [1.165, 1.54) is 166 Å². The molecule has 0 unspecified atom stereocenters. The van der Waals surface area contributed by atoms with Crippen molar-refractivity contribution in [1.29, 1.82) is 0 Å². The Morgan fingerprint density at radius 1 is 0.176 bits per heavy atom. The number of anilines is 6. The van der Waals surface area contributed by atoms with E-state index in [1.807, 2.05) is 0 Å². The molecule has 20 rings (SSSR count). The van der Waals surface area contributed by atoms with Crippen molar-refractivity contribution in [2.75, 3.05) is 14.4 Å². The molecule has 6 aliphatic rings. The number of para-hydroxylation sites is 3. The molecular formula is C84H54B3N3Si. The summed E-state index contributed by atoms with van der Waals surface area (Å²) in [6, 6.07) is 125. The lowest BCUT2D eigenvalue weighted by Crippen LogP contribution is -2.75. The summed E-state index contributed by atoms with van der Waals surface area (Å²) < 4.78 is 0. The van der Waals surface area contributed by atoms with E-state index in [9.17, 15) is 0 Å². The molecule has 3 nitrogen and oxygen atoms in total. The molecule has 0 radical (unpaired) electrons. The van der Waals surface area contributed by atoms with Gasteiger partial charge >= 0.3 is 20.5 Å². The third-order valence-corrected chi connectivity index (χ3v) is 25.8. The second kappa shape index (κ2) is 19.4. The van der Waals surface area contributed by atoms with Crippen LogP contribution in [0.15, 0.2) is 328 Å². The molecule has 6 aliphatic heterocycles. The van der Waals surface area contributed by atoms with Crippen molar-refractivity contribution < 1.29 is 0 Å². The summed E-state index contributed by atoms with van der Waals surface area (Å²) >= 11 is 0. The summed E-state index contributed by atoms with van der Waals surface area (Å²) in [5, 5.41) is 5.42. The first-order chi connectivity index (χ1) is 45.2. The highest BCUT2D eigenvalue weighted by molar-refractivity contribution is 7.20. The highest BCUT2D eigenvalue weighted by Crippen LogP contribution is 2.51. The molecule has 0 fully saturated rings. The molecule has 14 aromatic carbocycles. The highest BCUT2D eigenvalue weighted by Gasteiger charge is 2.49. The third kappa shape index (κ3) is 7.07. The Hall–Kier alpha value is -11.1. The molecule has 7 heteroatoms. The van der Waals surface area contributed by atoms with Crippen LogP contribution in [0.5, 0.6) is 0 Å². The van der Waals surface area contributed by atoms with Crippen LogP contribution < -0.4 is 68.0 Å². The van der Waals surface area contributed by atoms with E-state index in [0.29, 0.717) is 0 Å². The fourth-order valence-corrected chi connectivity index (χ4v) is 22.1. The predicted molar refractivity (Wildman–Crippen MR) is 389 cm³/mol. The van der Waals surface area contributed by atoms with Crippen molar-refractivity contribution >= 4 is 116 Å². The van der Waals surface area contributed by atoms with Crippen LogP contribution in [0.2, 0.25) is 0 Å². The molecule has 0 amide bonds. The Morgan fingerprint density at radius 2 is 0.440 bits per heavy atom. The number of fused-ring (bicyclic) bond motifs is 33. The van der Waals surface area contributed by atoms with Crippen LogP contribution in [0.4, 0.5) is 34.1 Å². The first kappa shape index (κ1) is 50.8. The third-order valence-electron chi connectivity index (χ3n) is 21.0. The number of hydrogen-bond acceptors (Lipinski definition) is 3. The van der Waals surface area contributed by atoms with Gasteiger partial charge in [-0.25, -0.2) is 0 Å². The lowest BCUT2D eigenvalue weighted by molar-refractivity contribution is 1.34. The van der Waals surface area contributed by atoms with Crippen molar-refractivity contribution in [3.63, 3.8) is 0 Å². The van der Waals surface area contributed by atoms with Gasteiger partial charge in [-0.05, 0) is 147 Å². The van der Waals surface area contributed by atoms with E-state index in [2.05, 4.69) is 342 Å². The fourth-order valence-electron chi connectivity index (χ4n) is 17.3. The summed E-state index contributed by atoms with van der Waals surface area (Å²) in [5.74, 6) is 0. The second-order valence-corrected chi connectivity index (χ2v) is 29.1. The zero-order valence-corrected chi connectivity index (χ0v) is 50.8. The van der Waals surface area contributed by atoms with Gasteiger partial charge in [0.2, 0.25) is 0 Å². The van der Waals surface area contributed by atoms with Gasteiger partial charge in [0.1, 0.15) is 0 Å². The minimum atomic E-state index is -3.16. The molecule has 6 heterocycles. The normalized spacial score (nSPS) is 13.6. The molecule has 0 aliphatic carbocycles. The minimum absolute atomic E-state index is 0.00693. The average molecular weight is 1170 g/mol. The predicted octanol–water partition coefficient (Wildman–Crippen LogP) is 13.4. The maximum Gasteiger partial charge on any atom is 0.329 e. The molecule has 0 N–H and O–H groups in total. The number of nitrogens with zero attached hydrogens (tertiary/aromatic N) is 3. The maximum absolute atomic E-state index is 3.16. The second-order valence-electron chi connectivity index (χ2n) is 25.3. The Balaban J connectivity index is 0.763. The first-order valence-electron chi connectivity index (χ1n) is 32.0. The molecule has 0 saturated carbocycles. The topological polar surface area (TPSA) is 9.72 Å². The van der Waals surface area contributed by atoms with Crippen molar-refractivity contribution in [3.8, 4) is 77.9 Å². The highest BCUT2D eigenvalue weighted by atomic mass is 28.3. The molecule has 0 saturated heterocycles. The summed E-state index contributed by atoms with van der Waals surface area (Å²) in [7, 11) is -3.16. The standard InChI is InChI=1S/C84H54B3N3Si/c1-3-23-57(24-4-1)91(58-25-5-2-6-26-58,59-45-47-78-69(53-59)68-34-14-22-42-81(68)88-79-40-20-12-32-66(79)62-28-8-16-36-74(62)87(78)88)60-46-50-84-72(54-60)65-31-11-19-39-77(65)86-76-38-18-10-30-64(76)71-52-56(44-49-83(71)90(84)86)55-43-48-82-70(51-55)63-29-9-17-37-75(63)85-73-35-15-7-27-61(73)67-33-13-21-41-80(67)89(82)85/h1-54H. The van der Waals surface area contributed by atoms with Gasteiger partial charge in [0.05, 0.1) is 0 Å². The van der Waals surface area contributed by atoms with Gasteiger partial charge in [0.15, 0.2) is 8.07 Å². The molecule has 0 spiro atoms. The smallest absolute Gasteiger partial charge is 0.329 e. The van der Waals surface area contributed by atoms with Gasteiger partial charge in [-0.1, -0.05) is 279 Å². The minimum Gasteiger partial charge on any atom is -0.376 e. The fraction of sp³-hybridized carbons (Fsp3) is 0. The summed E-state index contributed by atoms with van der Waals surface area (Å²) in [5.41, 5.74) is 33.1. The van der Waals surface area contributed by atoms with Gasteiger partial charge in [0.25, 0.3) is 0 Å². The first-order valence-corrected chi connectivity index (χ1v) is 34.0. The Bertz CT molecular complexity index is 5360. The largest absolute Gasteiger partial charge is 0.376 e. The maximum atomic E-state index is 2.67. The van der Waals surface area contributed by atoms with Gasteiger partial charge in [-0.15, -0.1) is 0 Å². The van der Waals surface area contributed by atoms with Crippen LogP contribution >= 0.6 is 0 Å². The molecule has 418 valence electrons. The van der Waals surface area contributed by atoms with Crippen LogP contribution in [0.25, 0.3) is 77.9 Å². The van der Waals surface area contributed by atoms with Crippen molar-refractivity contribution in [1.82, 2.24) is 0 Å². The zero-order chi connectivity index (χ0) is 59.5. The molecule has 0 aromatic heterocycles. The van der Waals surface area contributed by atoms with Gasteiger partial charge in [-0.2, -0.15) is 0 Å². The van der Waals surface area contributed by atoms with Gasteiger partial charge in [0, 0.05) is 67.5 Å². The van der Waals surface area contributed by atoms with Crippen LogP contribution in [0, 0.1) is 0 Å². The van der Waals surface area contributed by atoms with Gasteiger partial charge in [-0.3, -0.25) is 0 Å². The molecule has 91 heavy (non-hydrogen) atoms. The van der Waals surface area contributed by atoms with E-state index < -0.39 is 8.07 Å². The lowest BCUT2D eigenvalue weighted by Gasteiger charge is -2.45. The zero-order valence-electron chi connectivity index (χ0n) is 49.8. The van der Waals surface area contributed by atoms with Crippen LogP contribution in [0.3, 0.4) is 0 Å². The van der Waals surface area contributed by atoms with E-state index in [-0.39, 0.29) is 20.5 Å². The quantitative estimate of drug-likeness (QED) is 0.126. The number of rotatable bonds is 5. The number of benzene rings is 14. The van der Waals surface area contributed by atoms with E-state index >= 15 is 0 Å². The van der Waals surface area contributed by atoms with Crippen LogP contribution in [-0.4, -0.2) is 28.6 Å². The molecule has 14 aromatic rings. The summed E-state index contributed by atoms with van der Waals surface area (Å²) in [6.07, 6.45) is 0. The van der Waals surface area contributed by atoms with Crippen molar-refractivity contribution in [3.05, 3.63) is 328 Å². The Kier molecular flexibility index (Phi) is 10.9. The van der Waals surface area contributed by atoms with Crippen LogP contribution in [-0.2, 0) is 0 Å². The number of hydrogen-bond donors (Lipinski definition) is 0. The molecule has 0 atom stereocenters. The average Bonchev–Trinajstić information content (AvgIpc) is 0.726. The van der Waals surface area contributed by atoms with Crippen LogP contribution in [0.1, 0.15) is 0 Å². The van der Waals surface area contributed by atoms with E-state index in [1.54, 1.807) is 0 Å². The van der Waals surface area contributed by atoms with E-state index in [0.717, 1.165) is 0 Å². The molecule has 0 bridgehead atoms. The van der Waals surface area contributed by atoms with Gasteiger partial charge < -0.3 is 14.4 Å². The summed E-state index contributed by atoms with van der Waals surface area (Å²) in [4.78, 5) is 7.88. The van der Waals surface area contributed by atoms with Crippen molar-refractivity contribution in [2.24, 2.45) is 0 Å². The Morgan fingerprint density at radius 3 is 0.835 bits per heavy atom. The lowest BCUT2D eigenvalue weighted by atomic mass is 9.43. The SMILES string of the molecule is c1ccc([Si](c2ccccc2)(c2ccc3c(c2)-c2ccccc2N2B3c3ccccc3-c3ccccc32)c2ccc3c(c2)-c2ccccc2B2c4ccccc4-c4cc(-c5ccc6c(c5)-c5ccccc5B5c7ccccc7-c7ccccc7N56)ccc4N23)cc1. The Labute approximate surface area is 532 Å². The van der Waals surface area contributed by atoms with E-state index in [4.69, 9.17) is 0 Å². The summed E-state index contributed by atoms with van der Waals surface area (Å²) in [6.45, 7) is 0.0475. The molecular weight excluding hydrogens is 1110 g/mol.